The molecule has 0 radical (unpaired) electrons. The van der Waals surface area contributed by atoms with E-state index in [4.69, 9.17) is 4.74 Å². The van der Waals surface area contributed by atoms with Crippen LogP contribution in [0.5, 0.6) is 0 Å². The Bertz CT molecular complexity index is 338. The summed E-state index contributed by atoms with van der Waals surface area (Å²) in [6, 6.07) is 6.40. The topological polar surface area (TPSA) is 64.4 Å². The molecule has 0 bridgehead atoms. The maximum absolute atomic E-state index is 10.4. The second-order valence-corrected chi connectivity index (χ2v) is 3.60. The van der Waals surface area contributed by atoms with E-state index in [0.717, 1.165) is 12.1 Å². The van der Waals surface area contributed by atoms with Gasteiger partial charge >= 0.3 is 0 Å². The molecule has 0 saturated carbocycles. The Labute approximate surface area is 94.6 Å². The number of nitro groups is 1. The molecule has 0 amide bonds. The standard InChI is InChI=1S/C11H16N2O3/c1-9(7-12-2)16-8-10-3-5-11(6-4-10)13(14)15/h3-6,9,12H,7-8H2,1-2H3. The molecule has 5 nitrogen and oxygen atoms in total. The van der Waals surface area contributed by atoms with Crippen molar-refractivity contribution in [1.82, 2.24) is 5.32 Å². The normalized spacial score (nSPS) is 12.4. The molecular formula is C11H16N2O3. The molecule has 0 aliphatic carbocycles. The molecule has 1 N–H and O–H groups in total. The molecule has 0 heterocycles. The number of hydrogen-bond donors (Lipinski definition) is 1. The van der Waals surface area contributed by atoms with E-state index < -0.39 is 4.92 Å². The molecule has 0 spiro atoms. The van der Waals surface area contributed by atoms with Crippen LogP contribution in [-0.2, 0) is 11.3 Å². The average Bonchev–Trinajstić information content (AvgIpc) is 2.27. The lowest BCUT2D eigenvalue weighted by molar-refractivity contribution is -0.384. The third kappa shape index (κ3) is 3.96. The van der Waals surface area contributed by atoms with Gasteiger partial charge in [0.25, 0.3) is 5.69 Å². The van der Waals surface area contributed by atoms with Crippen molar-refractivity contribution >= 4 is 5.69 Å². The third-order valence-corrected chi connectivity index (χ3v) is 2.17. The van der Waals surface area contributed by atoms with Crippen molar-refractivity contribution < 1.29 is 9.66 Å². The monoisotopic (exact) mass is 224 g/mol. The number of rotatable bonds is 6. The van der Waals surface area contributed by atoms with E-state index in [1.807, 2.05) is 14.0 Å². The Hall–Kier alpha value is -1.46. The van der Waals surface area contributed by atoms with E-state index in [9.17, 15) is 10.1 Å². The van der Waals surface area contributed by atoms with Crippen LogP contribution >= 0.6 is 0 Å². The SMILES string of the molecule is CNCC(C)OCc1ccc([N+](=O)[O-])cc1. The molecule has 0 aliphatic rings. The van der Waals surface area contributed by atoms with Crippen molar-refractivity contribution in [1.29, 1.82) is 0 Å². The molecule has 1 unspecified atom stereocenters. The molecule has 1 rings (SSSR count). The summed E-state index contributed by atoms with van der Waals surface area (Å²) in [5.74, 6) is 0. The van der Waals surface area contributed by atoms with E-state index in [1.165, 1.54) is 12.1 Å². The summed E-state index contributed by atoms with van der Waals surface area (Å²) in [6.45, 7) is 3.23. The Kier molecular flexibility index (Phi) is 4.88. The van der Waals surface area contributed by atoms with Crippen molar-refractivity contribution in [2.45, 2.75) is 19.6 Å². The van der Waals surface area contributed by atoms with Crippen LogP contribution in [0.2, 0.25) is 0 Å². The maximum atomic E-state index is 10.4. The van der Waals surface area contributed by atoms with Gasteiger partial charge in [0.05, 0.1) is 17.6 Å². The van der Waals surface area contributed by atoms with Gasteiger partial charge < -0.3 is 10.1 Å². The molecule has 0 aliphatic heterocycles. The summed E-state index contributed by atoms with van der Waals surface area (Å²) < 4.78 is 5.54. The van der Waals surface area contributed by atoms with E-state index in [0.29, 0.717) is 6.61 Å². The quantitative estimate of drug-likeness (QED) is 0.590. The lowest BCUT2D eigenvalue weighted by Crippen LogP contribution is -2.23. The Balaban J connectivity index is 2.46. The summed E-state index contributed by atoms with van der Waals surface area (Å²) in [4.78, 5) is 10.0. The van der Waals surface area contributed by atoms with E-state index in [1.54, 1.807) is 12.1 Å². The van der Waals surface area contributed by atoms with Crippen LogP contribution in [0.4, 0.5) is 5.69 Å². The second-order valence-electron chi connectivity index (χ2n) is 3.60. The number of benzene rings is 1. The first kappa shape index (κ1) is 12.6. The van der Waals surface area contributed by atoms with Crippen molar-refractivity contribution in [2.24, 2.45) is 0 Å². The molecule has 5 heteroatoms. The first-order valence-electron chi connectivity index (χ1n) is 5.13. The smallest absolute Gasteiger partial charge is 0.269 e. The van der Waals surface area contributed by atoms with Crippen LogP contribution in [0.15, 0.2) is 24.3 Å². The van der Waals surface area contributed by atoms with Crippen molar-refractivity contribution in [3.8, 4) is 0 Å². The highest BCUT2D eigenvalue weighted by molar-refractivity contribution is 5.32. The number of hydrogen-bond acceptors (Lipinski definition) is 4. The number of nitrogens with one attached hydrogen (secondary N) is 1. The zero-order chi connectivity index (χ0) is 12.0. The number of non-ortho nitro benzene ring substituents is 1. The maximum Gasteiger partial charge on any atom is 0.269 e. The van der Waals surface area contributed by atoms with Crippen LogP contribution in [0.3, 0.4) is 0 Å². The van der Waals surface area contributed by atoms with Gasteiger partial charge in [-0.05, 0) is 31.7 Å². The fraction of sp³-hybridized carbons (Fsp3) is 0.455. The van der Waals surface area contributed by atoms with Gasteiger partial charge in [0.2, 0.25) is 0 Å². The average molecular weight is 224 g/mol. The van der Waals surface area contributed by atoms with Gasteiger partial charge in [0.1, 0.15) is 0 Å². The summed E-state index contributed by atoms with van der Waals surface area (Å²) >= 11 is 0. The van der Waals surface area contributed by atoms with E-state index >= 15 is 0 Å². The van der Waals surface area contributed by atoms with Crippen LogP contribution in [0, 0.1) is 10.1 Å². The zero-order valence-electron chi connectivity index (χ0n) is 9.47. The van der Waals surface area contributed by atoms with E-state index in [2.05, 4.69) is 5.32 Å². The third-order valence-electron chi connectivity index (χ3n) is 2.17. The Morgan fingerprint density at radius 1 is 1.44 bits per heavy atom. The zero-order valence-corrected chi connectivity index (χ0v) is 9.47. The van der Waals surface area contributed by atoms with Gasteiger partial charge in [-0.2, -0.15) is 0 Å². The van der Waals surface area contributed by atoms with Crippen molar-refractivity contribution in [2.75, 3.05) is 13.6 Å². The van der Waals surface area contributed by atoms with Crippen LogP contribution in [0.25, 0.3) is 0 Å². The van der Waals surface area contributed by atoms with Crippen LogP contribution in [0.1, 0.15) is 12.5 Å². The number of nitro benzene ring substituents is 1. The fourth-order valence-electron chi connectivity index (χ4n) is 1.30. The predicted molar refractivity (Wildman–Crippen MR) is 61.3 cm³/mol. The number of ether oxygens (including phenoxy) is 1. The minimum Gasteiger partial charge on any atom is -0.373 e. The number of nitrogens with zero attached hydrogens (tertiary/aromatic N) is 1. The summed E-state index contributed by atoms with van der Waals surface area (Å²) in [6.07, 6.45) is 0.125. The Morgan fingerprint density at radius 2 is 2.06 bits per heavy atom. The van der Waals surface area contributed by atoms with Gasteiger partial charge in [-0.15, -0.1) is 0 Å². The van der Waals surface area contributed by atoms with Gasteiger partial charge in [0, 0.05) is 18.7 Å². The molecule has 1 aromatic rings. The summed E-state index contributed by atoms with van der Waals surface area (Å²) in [7, 11) is 1.87. The summed E-state index contributed by atoms with van der Waals surface area (Å²) in [5, 5.41) is 13.4. The van der Waals surface area contributed by atoms with Crippen molar-refractivity contribution in [3.63, 3.8) is 0 Å². The van der Waals surface area contributed by atoms with Gasteiger partial charge in [0.15, 0.2) is 0 Å². The largest absolute Gasteiger partial charge is 0.373 e. The molecule has 1 atom stereocenters. The van der Waals surface area contributed by atoms with E-state index in [-0.39, 0.29) is 11.8 Å². The Morgan fingerprint density at radius 3 is 2.56 bits per heavy atom. The number of likely N-dealkylation sites (N-methyl/N-ethyl adjacent to an activating group) is 1. The minimum atomic E-state index is -0.408. The highest BCUT2D eigenvalue weighted by atomic mass is 16.6. The molecular weight excluding hydrogens is 208 g/mol. The van der Waals surface area contributed by atoms with Gasteiger partial charge in [-0.25, -0.2) is 0 Å². The molecule has 1 aromatic carbocycles. The van der Waals surface area contributed by atoms with Gasteiger partial charge in [-0.1, -0.05) is 0 Å². The molecule has 0 aromatic heterocycles. The summed E-state index contributed by atoms with van der Waals surface area (Å²) in [5.41, 5.74) is 1.04. The second kappa shape index (κ2) is 6.19. The van der Waals surface area contributed by atoms with Crippen LogP contribution < -0.4 is 5.32 Å². The highest BCUT2D eigenvalue weighted by Gasteiger charge is 2.05. The molecule has 88 valence electrons. The molecule has 16 heavy (non-hydrogen) atoms. The van der Waals surface area contributed by atoms with Crippen LogP contribution in [-0.4, -0.2) is 24.6 Å². The fourth-order valence-corrected chi connectivity index (χ4v) is 1.30. The lowest BCUT2D eigenvalue weighted by atomic mass is 10.2. The first-order chi connectivity index (χ1) is 7.63. The first-order valence-corrected chi connectivity index (χ1v) is 5.13. The highest BCUT2D eigenvalue weighted by Crippen LogP contribution is 2.12. The minimum absolute atomic E-state index is 0.104. The lowest BCUT2D eigenvalue weighted by Gasteiger charge is -2.12. The van der Waals surface area contributed by atoms with Gasteiger partial charge in [-0.3, -0.25) is 10.1 Å². The van der Waals surface area contributed by atoms with Crippen molar-refractivity contribution in [3.05, 3.63) is 39.9 Å². The molecule has 0 saturated heterocycles. The molecule has 0 fully saturated rings. The predicted octanol–water partition coefficient (Wildman–Crippen LogP) is 1.72.